The van der Waals surface area contributed by atoms with Crippen LogP contribution in [0.4, 0.5) is 10.1 Å². The fourth-order valence-electron chi connectivity index (χ4n) is 2.70. The van der Waals surface area contributed by atoms with Crippen LogP contribution in [0.5, 0.6) is 0 Å². The second kappa shape index (κ2) is 10.1. The van der Waals surface area contributed by atoms with Crippen LogP contribution in [0.2, 0.25) is 0 Å². The molecule has 158 valence electrons. The van der Waals surface area contributed by atoms with Gasteiger partial charge in [-0.05, 0) is 49.7 Å². The molecule has 0 radical (unpaired) electrons. The Hall–Kier alpha value is -3.14. The SMILES string of the molecule is CC(SCC(=O)Nc1ccc(F)cc1)C(=O)NCCCn1nc2ccccn2c1=O. The van der Waals surface area contributed by atoms with Crippen LogP contribution >= 0.6 is 11.8 Å². The standard InChI is InChI=1S/C20H22FN5O3S/c1-14(30-13-18(27)23-16-8-6-15(21)7-9-16)19(28)22-10-4-12-26-20(29)25-11-3-2-5-17(25)24-26/h2-3,5-9,11,14H,4,10,12-13H2,1H3,(H,22,28)(H,23,27). The molecule has 0 bridgehead atoms. The zero-order chi connectivity index (χ0) is 21.5. The number of nitrogens with one attached hydrogen (secondary N) is 2. The van der Waals surface area contributed by atoms with E-state index in [4.69, 9.17) is 0 Å². The molecule has 8 nitrogen and oxygen atoms in total. The maximum absolute atomic E-state index is 12.9. The molecule has 0 saturated heterocycles. The summed E-state index contributed by atoms with van der Waals surface area (Å²) in [6.45, 7) is 2.51. The molecule has 3 aromatic rings. The van der Waals surface area contributed by atoms with Crippen LogP contribution in [0.25, 0.3) is 5.65 Å². The van der Waals surface area contributed by atoms with Gasteiger partial charge in [-0.1, -0.05) is 6.07 Å². The van der Waals surface area contributed by atoms with Crippen LogP contribution in [0, 0.1) is 5.82 Å². The number of carbonyl (C=O) groups is 2. The quantitative estimate of drug-likeness (QED) is 0.505. The molecule has 2 amide bonds. The van der Waals surface area contributed by atoms with Crippen LogP contribution in [0.1, 0.15) is 13.3 Å². The van der Waals surface area contributed by atoms with Gasteiger partial charge in [0, 0.05) is 25.0 Å². The Morgan fingerprint density at radius 2 is 1.97 bits per heavy atom. The first-order chi connectivity index (χ1) is 14.4. The molecule has 0 saturated carbocycles. The average Bonchev–Trinajstić information content (AvgIpc) is 3.06. The topological polar surface area (TPSA) is 97.5 Å². The number of hydrogen-bond donors (Lipinski definition) is 2. The number of fused-ring (bicyclic) bond motifs is 1. The van der Waals surface area contributed by atoms with Crippen molar-refractivity contribution in [3.8, 4) is 0 Å². The van der Waals surface area contributed by atoms with E-state index in [1.54, 1.807) is 25.3 Å². The molecular weight excluding hydrogens is 409 g/mol. The van der Waals surface area contributed by atoms with E-state index < -0.39 is 5.25 Å². The largest absolute Gasteiger partial charge is 0.355 e. The molecule has 0 spiro atoms. The average molecular weight is 431 g/mol. The first kappa shape index (κ1) is 21.6. The van der Waals surface area contributed by atoms with E-state index in [2.05, 4.69) is 15.7 Å². The highest BCUT2D eigenvalue weighted by molar-refractivity contribution is 8.01. The number of aryl methyl sites for hydroxylation is 1. The molecule has 30 heavy (non-hydrogen) atoms. The van der Waals surface area contributed by atoms with Crippen molar-refractivity contribution in [2.24, 2.45) is 0 Å². The minimum atomic E-state index is -0.415. The second-order valence-electron chi connectivity index (χ2n) is 6.59. The van der Waals surface area contributed by atoms with Gasteiger partial charge in [0.1, 0.15) is 5.82 Å². The van der Waals surface area contributed by atoms with Crippen LogP contribution in [-0.4, -0.2) is 43.5 Å². The molecule has 1 atom stereocenters. The predicted molar refractivity (Wildman–Crippen MR) is 114 cm³/mol. The summed E-state index contributed by atoms with van der Waals surface area (Å²) in [5.41, 5.74) is 0.866. The zero-order valence-corrected chi connectivity index (χ0v) is 17.2. The van der Waals surface area contributed by atoms with Gasteiger partial charge in [0.25, 0.3) is 0 Å². The Morgan fingerprint density at radius 1 is 1.20 bits per heavy atom. The number of benzene rings is 1. The third-order valence-electron chi connectivity index (χ3n) is 4.30. The van der Waals surface area contributed by atoms with Gasteiger partial charge >= 0.3 is 5.69 Å². The summed E-state index contributed by atoms with van der Waals surface area (Å²) in [5.74, 6) is -0.726. The second-order valence-corrected chi connectivity index (χ2v) is 7.92. The number of thioether (sulfide) groups is 1. The maximum atomic E-state index is 12.9. The van der Waals surface area contributed by atoms with Crippen molar-refractivity contribution >= 4 is 34.9 Å². The van der Waals surface area contributed by atoms with Gasteiger partial charge in [0.2, 0.25) is 11.8 Å². The fourth-order valence-corrected chi connectivity index (χ4v) is 3.41. The van der Waals surface area contributed by atoms with Crippen molar-refractivity contribution in [3.63, 3.8) is 0 Å². The smallest absolute Gasteiger partial charge is 0.350 e. The molecule has 0 fully saturated rings. The van der Waals surface area contributed by atoms with E-state index in [9.17, 15) is 18.8 Å². The highest BCUT2D eigenvalue weighted by Crippen LogP contribution is 2.13. The van der Waals surface area contributed by atoms with Crippen molar-refractivity contribution in [2.45, 2.75) is 25.1 Å². The van der Waals surface area contributed by atoms with Gasteiger partial charge in [-0.2, -0.15) is 0 Å². The van der Waals surface area contributed by atoms with E-state index in [-0.39, 0.29) is 29.1 Å². The van der Waals surface area contributed by atoms with Crippen molar-refractivity contribution in [1.29, 1.82) is 0 Å². The molecule has 3 rings (SSSR count). The summed E-state index contributed by atoms with van der Waals surface area (Å²) >= 11 is 1.21. The molecule has 2 N–H and O–H groups in total. The summed E-state index contributed by atoms with van der Waals surface area (Å²) < 4.78 is 15.7. The van der Waals surface area contributed by atoms with Crippen molar-refractivity contribution in [2.75, 3.05) is 17.6 Å². The number of aromatic nitrogens is 3. The van der Waals surface area contributed by atoms with Gasteiger partial charge < -0.3 is 10.6 Å². The van der Waals surface area contributed by atoms with Gasteiger partial charge in [-0.25, -0.2) is 13.9 Å². The molecule has 2 heterocycles. The van der Waals surface area contributed by atoms with Gasteiger partial charge in [-0.15, -0.1) is 16.9 Å². The molecular formula is C20H22FN5O3S. The Balaban J connectivity index is 1.36. The third-order valence-corrected chi connectivity index (χ3v) is 5.44. The highest BCUT2D eigenvalue weighted by Gasteiger charge is 2.15. The Kier molecular flexibility index (Phi) is 7.23. The van der Waals surface area contributed by atoms with E-state index in [0.29, 0.717) is 30.8 Å². The number of hydrogen-bond acceptors (Lipinski definition) is 5. The molecule has 1 aromatic carbocycles. The summed E-state index contributed by atoms with van der Waals surface area (Å²) in [7, 11) is 0. The normalized spacial score (nSPS) is 11.9. The summed E-state index contributed by atoms with van der Waals surface area (Å²) in [5, 5.41) is 9.28. The summed E-state index contributed by atoms with van der Waals surface area (Å²) in [6.07, 6.45) is 2.21. The number of rotatable bonds is 9. The predicted octanol–water partition coefficient (Wildman–Crippen LogP) is 1.90. The molecule has 0 aliphatic rings. The number of carbonyl (C=O) groups excluding carboxylic acids is 2. The lowest BCUT2D eigenvalue weighted by Crippen LogP contribution is -2.33. The van der Waals surface area contributed by atoms with Gasteiger partial charge in [0.15, 0.2) is 5.65 Å². The molecule has 0 aliphatic carbocycles. The Bertz CT molecular complexity index is 1080. The van der Waals surface area contributed by atoms with Crippen LogP contribution in [-0.2, 0) is 16.1 Å². The molecule has 1 unspecified atom stereocenters. The Morgan fingerprint density at radius 3 is 2.70 bits per heavy atom. The lowest BCUT2D eigenvalue weighted by molar-refractivity contribution is -0.120. The fraction of sp³-hybridized carbons (Fsp3) is 0.300. The van der Waals surface area contributed by atoms with Crippen LogP contribution < -0.4 is 16.3 Å². The van der Waals surface area contributed by atoms with E-state index in [1.807, 2.05) is 6.07 Å². The van der Waals surface area contributed by atoms with Crippen molar-refractivity contribution < 1.29 is 14.0 Å². The van der Waals surface area contributed by atoms with Crippen molar-refractivity contribution in [1.82, 2.24) is 19.5 Å². The van der Waals surface area contributed by atoms with E-state index >= 15 is 0 Å². The van der Waals surface area contributed by atoms with E-state index in [1.165, 1.54) is 45.1 Å². The highest BCUT2D eigenvalue weighted by atomic mass is 32.2. The first-order valence-electron chi connectivity index (χ1n) is 9.43. The molecule has 10 heteroatoms. The monoisotopic (exact) mass is 431 g/mol. The molecule has 0 aliphatic heterocycles. The number of amides is 2. The van der Waals surface area contributed by atoms with Crippen LogP contribution in [0.3, 0.4) is 0 Å². The third kappa shape index (κ3) is 5.69. The number of halogens is 1. The van der Waals surface area contributed by atoms with Crippen molar-refractivity contribution in [3.05, 3.63) is 65.0 Å². The van der Waals surface area contributed by atoms with Crippen LogP contribution in [0.15, 0.2) is 53.5 Å². The maximum Gasteiger partial charge on any atom is 0.350 e. The van der Waals surface area contributed by atoms with Gasteiger partial charge in [0.05, 0.1) is 11.0 Å². The number of anilines is 1. The lowest BCUT2D eigenvalue weighted by atomic mass is 10.3. The minimum Gasteiger partial charge on any atom is -0.355 e. The number of nitrogens with zero attached hydrogens (tertiary/aromatic N) is 3. The Labute approximate surface area is 176 Å². The molecule has 2 aromatic heterocycles. The first-order valence-corrected chi connectivity index (χ1v) is 10.5. The zero-order valence-electron chi connectivity index (χ0n) is 16.4. The lowest BCUT2D eigenvalue weighted by Gasteiger charge is -2.12. The minimum absolute atomic E-state index is 0.0998. The number of pyridine rings is 1. The summed E-state index contributed by atoms with van der Waals surface area (Å²) in [6, 6.07) is 10.8. The van der Waals surface area contributed by atoms with Gasteiger partial charge in [-0.3, -0.25) is 14.0 Å². The summed E-state index contributed by atoms with van der Waals surface area (Å²) in [4.78, 5) is 36.3. The van der Waals surface area contributed by atoms with E-state index in [0.717, 1.165) is 0 Å².